The first kappa shape index (κ1) is 16.2. The Balaban J connectivity index is 2.27. The number of rotatable bonds is 8. The van der Waals surface area contributed by atoms with E-state index in [1.807, 2.05) is 18.2 Å². The van der Waals surface area contributed by atoms with E-state index in [0.717, 1.165) is 27.4 Å². The topological polar surface area (TPSA) is 20.2 Å². The van der Waals surface area contributed by atoms with Gasteiger partial charge < -0.3 is 5.11 Å². The van der Waals surface area contributed by atoms with Gasteiger partial charge in [-0.2, -0.15) is 0 Å². The average Bonchev–Trinajstić information content (AvgIpc) is 2.36. The molecule has 1 unspecified atom stereocenters. The zero-order valence-electron chi connectivity index (χ0n) is 11.0. The SMILES string of the molecule is CCCCCCCCC(O)c1ccc(Br)c(Br)c1. The first-order valence-electron chi connectivity index (χ1n) is 6.78. The maximum atomic E-state index is 10.1. The van der Waals surface area contributed by atoms with Gasteiger partial charge in [0.25, 0.3) is 0 Å². The van der Waals surface area contributed by atoms with E-state index in [1.165, 1.54) is 32.1 Å². The normalized spacial score (nSPS) is 12.7. The third kappa shape index (κ3) is 5.85. The Morgan fingerprint density at radius 1 is 1.00 bits per heavy atom. The molecule has 1 N–H and O–H groups in total. The second kappa shape index (κ2) is 9.11. The maximum Gasteiger partial charge on any atom is 0.0790 e. The van der Waals surface area contributed by atoms with E-state index in [0.29, 0.717) is 0 Å². The van der Waals surface area contributed by atoms with Gasteiger partial charge in [0.05, 0.1) is 6.10 Å². The van der Waals surface area contributed by atoms with Crippen LogP contribution in [0.15, 0.2) is 27.1 Å². The first-order valence-corrected chi connectivity index (χ1v) is 8.36. The zero-order valence-corrected chi connectivity index (χ0v) is 14.1. The number of aliphatic hydroxyl groups is 1. The highest BCUT2D eigenvalue weighted by atomic mass is 79.9. The van der Waals surface area contributed by atoms with Crippen LogP contribution in [0.4, 0.5) is 0 Å². The molecule has 0 saturated heterocycles. The Bertz CT molecular complexity index is 352. The lowest BCUT2D eigenvalue weighted by molar-refractivity contribution is 0.163. The van der Waals surface area contributed by atoms with E-state index in [-0.39, 0.29) is 6.10 Å². The van der Waals surface area contributed by atoms with Crippen molar-refractivity contribution in [1.82, 2.24) is 0 Å². The van der Waals surface area contributed by atoms with Gasteiger partial charge in [0.1, 0.15) is 0 Å². The highest BCUT2D eigenvalue weighted by Gasteiger charge is 2.08. The van der Waals surface area contributed by atoms with Crippen molar-refractivity contribution in [2.75, 3.05) is 0 Å². The molecule has 0 aliphatic carbocycles. The van der Waals surface area contributed by atoms with Crippen molar-refractivity contribution in [3.05, 3.63) is 32.7 Å². The fourth-order valence-electron chi connectivity index (χ4n) is 2.00. The molecule has 102 valence electrons. The van der Waals surface area contributed by atoms with Crippen molar-refractivity contribution in [1.29, 1.82) is 0 Å². The molecule has 0 aliphatic heterocycles. The van der Waals surface area contributed by atoms with Crippen LogP contribution in [0.25, 0.3) is 0 Å². The standard InChI is InChI=1S/C15H22Br2O/c1-2-3-4-5-6-7-8-15(18)12-9-10-13(16)14(17)11-12/h9-11,15,18H,2-8H2,1H3. The molecule has 1 aromatic carbocycles. The second-order valence-electron chi connectivity index (χ2n) is 4.75. The molecule has 0 amide bonds. The van der Waals surface area contributed by atoms with Gasteiger partial charge in [-0.05, 0) is 56.0 Å². The summed E-state index contributed by atoms with van der Waals surface area (Å²) >= 11 is 6.90. The van der Waals surface area contributed by atoms with Crippen LogP contribution in [0.2, 0.25) is 0 Å². The Morgan fingerprint density at radius 3 is 2.33 bits per heavy atom. The molecule has 1 atom stereocenters. The molecule has 0 radical (unpaired) electrons. The van der Waals surface area contributed by atoms with Gasteiger partial charge in [0.2, 0.25) is 0 Å². The fraction of sp³-hybridized carbons (Fsp3) is 0.600. The second-order valence-corrected chi connectivity index (χ2v) is 6.45. The number of hydrogen-bond donors (Lipinski definition) is 1. The Kier molecular flexibility index (Phi) is 8.20. The van der Waals surface area contributed by atoms with Crippen molar-refractivity contribution < 1.29 is 5.11 Å². The highest BCUT2D eigenvalue weighted by Crippen LogP contribution is 2.28. The number of hydrogen-bond acceptors (Lipinski definition) is 1. The molecule has 0 bridgehead atoms. The van der Waals surface area contributed by atoms with Crippen molar-refractivity contribution in [2.24, 2.45) is 0 Å². The summed E-state index contributed by atoms with van der Waals surface area (Å²) in [5, 5.41) is 10.1. The van der Waals surface area contributed by atoms with Gasteiger partial charge in [-0.1, -0.05) is 51.5 Å². The molecule has 0 aromatic heterocycles. The third-order valence-electron chi connectivity index (χ3n) is 3.16. The molecule has 1 aromatic rings. The molecule has 1 rings (SSSR count). The van der Waals surface area contributed by atoms with E-state index in [2.05, 4.69) is 38.8 Å². The number of halogens is 2. The smallest absolute Gasteiger partial charge is 0.0790 e. The average molecular weight is 378 g/mol. The van der Waals surface area contributed by atoms with Gasteiger partial charge in [0, 0.05) is 8.95 Å². The van der Waals surface area contributed by atoms with Crippen LogP contribution in [0, 0.1) is 0 Å². The Hall–Kier alpha value is 0.140. The molecule has 0 spiro atoms. The van der Waals surface area contributed by atoms with Crippen LogP contribution in [0.5, 0.6) is 0 Å². The first-order chi connectivity index (χ1) is 8.65. The van der Waals surface area contributed by atoms with Gasteiger partial charge >= 0.3 is 0 Å². The van der Waals surface area contributed by atoms with Crippen molar-refractivity contribution in [3.63, 3.8) is 0 Å². The van der Waals surface area contributed by atoms with Gasteiger partial charge in [-0.25, -0.2) is 0 Å². The largest absolute Gasteiger partial charge is 0.388 e. The van der Waals surface area contributed by atoms with Crippen LogP contribution >= 0.6 is 31.9 Å². The lowest BCUT2D eigenvalue weighted by atomic mass is 10.0. The maximum absolute atomic E-state index is 10.1. The van der Waals surface area contributed by atoms with Crippen LogP contribution in [-0.2, 0) is 0 Å². The number of unbranched alkanes of at least 4 members (excludes halogenated alkanes) is 5. The third-order valence-corrected chi connectivity index (χ3v) is 5.04. The van der Waals surface area contributed by atoms with Gasteiger partial charge in [-0.15, -0.1) is 0 Å². The van der Waals surface area contributed by atoms with E-state index in [9.17, 15) is 5.11 Å². The summed E-state index contributed by atoms with van der Waals surface area (Å²) in [4.78, 5) is 0. The molecule has 0 heterocycles. The molecule has 0 fully saturated rings. The van der Waals surface area contributed by atoms with Crippen LogP contribution in [-0.4, -0.2) is 5.11 Å². The summed E-state index contributed by atoms with van der Waals surface area (Å²) < 4.78 is 2.03. The van der Waals surface area contributed by atoms with E-state index in [1.54, 1.807) is 0 Å². The summed E-state index contributed by atoms with van der Waals surface area (Å²) in [5.74, 6) is 0. The molecule has 0 aliphatic rings. The van der Waals surface area contributed by atoms with E-state index < -0.39 is 0 Å². The molecular weight excluding hydrogens is 356 g/mol. The Labute approximate surface area is 127 Å². The van der Waals surface area contributed by atoms with Crippen molar-refractivity contribution in [2.45, 2.75) is 58.0 Å². The summed E-state index contributed by atoms with van der Waals surface area (Å²) in [6.07, 6.45) is 8.12. The van der Waals surface area contributed by atoms with Gasteiger partial charge in [-0.3, -0.25) is 0 Å². The minimum atomic E-state index is -0.333. The predicted octanol–water partition coefficient (Wildman–Crippen LogP) is 6.00. The molecule has 1 nitrogen and oxygen atoms in total. The fourth-order valence-corrected chi connectivity index (χ4v) is 2.65. The summed E-state index contributed by atoms with van der Waals surface area (Å²) in [6.45, 7) is 2.23. The van der Waals surface area contributed by atoms with E-state index in [4.69, 9.17) is 0 Å². The highest BCUT2D eigenvalue weighted by molar-refractivity contribution is 9.13. The van der Waals surface area contributed by atoms with Crippen LogP contribution in [0.1, 0.15) is 63.5 Å². The monoisotopic (exact) mass is 376 g/mol. The summed E-state index contributed by atoms with van der Waals surface area (Å²) in [7, 11) is 0. The molecule has 3 heteroatoms. The van der Waals surface area contributed by atoms with Crippen LogP contribution in [0.3, 0.4) is 0 Å². The lowest BCUT2D eigenvalue weighted by Crippen LogP contribution is -1.97. The van der Waals surface area contributed by atoms with Crippen molar-refractivity contribution >= 4 is 31.9 Å². The number of aliphatic hydroxyl groups excluding tert-OH is 1. The molecule has 0 saturated carbocycles. The summed E-state index contributed by atoms with van der Waals surface area (Å²) in [6, 6.07) is 5.95. The number of benzene rings is 1. The predicted molar refractivity (Wildman–Crippen MR) is 84.8 cm³/mol. The zero-order chi connectivity index (χ0) is 13.4. The minimum Gasteiger partial charge on any atom is -0.388 e. The molecule has 18 heavy (non-hydrogen) atoms. The van der Waals surface area contributed by atoms with Gasteiger partial charge in [0.15, 0.2) is 0 Å². The Morgan fingerprint density at radius 2 is 1.67 bits per heavy atom. The van der Waals surface area contributed by atoms with Crippen molar-refractivity contribution in [3.8, 4) is 0 Å². The summed E-state index contributed by atoms with van der Waals surface area (Å²) in [5.41, 5.74) is 0.999. The molecular formula is C15H22Br2O. The minimum absolute atomic E-state index is 0.333. The van der Waals surface area contributed by atoms with Crippen LogP contribution < -0.4 is 0 Å². The quantitative estimate of drug-likeness (QED) is 0.551. The lowest BCUT2D eigenvalue weighted by Gasteiger charge is -2.11. The van der Waals surface area contributed by atoms with E-state index >= 15 is 0 Å².